The van der Waals surface area contributed by atoms with Crippen LogP contribution in [0.4, 0.5) is 11.4 Å². The number of nitro groups is 1. The summed E-state index contributed by atoms with van der Waals surface area (Å²) in [6, 6.07) is 11.5. The van der Waals surface area contributed by atoms with Gasteiger partial charge in [-0.1, -0.05) is 6.07 Å². The summed E-state index contributed by atoms with van der Waals surface area (Å²) in [7, 11) is 0. The van der Waals surface area contributed by atoms with Gasteiger partial charge in [-0.05, 0) is 68.9 Å². The van der Waals surface area contributed by atoms with Gasteiger partial charge in [-0.2, -0.15) is 0 Å². The third kappa shape index (κ3) is 3.54. The van der Waals surface area contributed by atoms with Gasteiger partial charge in [0, 0.05) is 20.9 Å². The van der Waals surface area contributed by atoms with Crippen molar-refractivity contribution in [3.63, 3.8) is 0 Å². The minimum atomic E-state index is -0.491. The quantitative estimate of drug-likeness (QED) is 0.436. The van der Waals surface area contributed by atoms with Crippen LogP contribution in [-0.2, 0) is 0 Å². The van der Waals surface area contributed by atoms with E-state index in [1.54, 1.807) is 18.2 Å². The molecule has 102 valence electrons. The molecule has 0 saturated carbocycles. The topological polar surface area (TPSA) is 72.2 Å². The van der Waals surface area contributed by atoms with Crippen LogP contribution in [0.2, 0.25) is 0 Å². The average molecular weight is 447 g/mol. The van der Waals surface area contributed by atoms with E-state index in [9.17, 15) is 14.9 Å². The van der Waals surface area contributed by atoms with Gasteiger partial charge in [0.25, 0.3) is 11.6 Å². The number of rotatable bonds is 3. The molecule has 2 rings (SSSR count). The van der Waals surface area contributed by atoms with Gasteiger partial charge in [0.1, 0.15) is 0 Å². The minimum Gasteiger partial charge on any atom is -0.322 e. The van der Waals surface area contributed by atoms with Crippen molar-refractivity contribution >= 4 is 55.8 Å². The summed E-state index contributed by atoms with van der Waals surface area (Å²) < 4.78 is 1.28. The molecule has 2 aromatic rings. The lowest BCUT2D eigenvalue weighted by molar-refractivity contribution is -0.385. The maximum absolute atomic E-state index is 12.0. The Labute approximate surface area is 136 Å². The molecule has 0 aliphatic rings. The van der Waals surface area contributed by atoms with Crippen LogP contribution < -0.4 is 5.32 Å². The molecule has 0 aliphatic carbocycles. The molecule has 0 saturated heterocycles. The molecule has 0 unspecified atom stereocenters. The van der Waals surface area contributed by atoms with Gasteiger partial charge in [0.05, 0.1) is 9.40 Å². The first kappa shape index (κ1) is 14.9. The highest BCUT2D eigenvalue weighted by Crippen LogP contribution is 2.27. The molecule has 0 fully saturated rings. The highest BCUT2D eigenvalue weighted by molar-refractivity contribution is 14.1. The first-order valence-corrected chi connectivity index (χ1v) is 7.35. The van der Waals surface area contributed by atoms with Crippen molar-refractivity contribution in [1.29, 1.82) is 0 Å². The van der Waals surface area contributed by atoms with Gasteiger partial charge in [0.2, 0.25) is 0 Å². The van der Waals surface area contributed by atoms with Crippen molar-refractivity contribution < 1.29 is 9.72 Å². The fourth-order valence-electron chi connectivity index (χ4n) is 1.57. The molecule has 1 N–H and O–H groups in total. The molecule has 0 heterocycles. The van der Waals surface area contributed by atoms with Gasteiger partial charge in [-0.15, -0.1) is 0 Å². The molecule has 2 aromatic carbocycles. The second-order valence-corrected chi connectivity index (χ2v) is 5.99. The number of carbonyl (C=O) groups is 1. The second kappa shape index (κ2) is 6.31. The minimum absolute atomic E-state index is 0.0442. The van der Waals surface area contributed by atoms with Crippen molar-refractivity contribution in [1.82, 2.24) is 0 Å². The summed E-state index contributed by atoms with van der Waals surface area (Å²) in [6.07, 6.45) is 0. The second-order valence-electron chi connectivity index (χ2n) is 3.89. The predicted octanol–water partition coefficient (Wildman–Crippen LogP) is 4.21. The maximum Gasteiger partial charge on any atom is 0.283 e. The number of hydrogen-bond donors (Lipinski definition) is 1. The molecule has 7 heteroatoms. The fourth-order valence-corrected chi connectivity index (χ4v) is 2.63. The van der Waals surface area contributed by atoms with Crippen molar-refractivity contribution in [2.75, 3.05) is 5.32 Å². The van der Waals surface area contributed by atoms with E-state index < -0.39 is 4.92 Å². The molecular formula is C13H8BrIN2O3. The van der Waals surface area contributed by atoms with Crippen LogP contribution in [-0.4, -0.2) is 10.8 Å². The van der Waals surface area contributed by atoms with E-state index in [-0.39, 0.29) is 11.6 Å². The molecule has 0 radical (unpaired) electrons. The van der Waals surface area contributed by atoms with E-state index in [2.05, 4.69) is 43.8 Å². The summed E-state index contributed by atoms with van der Waals surface area (Å²) >= 11 is 5.24. The number of nitrogens with one attached hydrogen (secondary N) is 1. The Balaban J connectivity index is 2.20. The Bertz CT molecular complexity index is 691. The zero-order chi connectivity index (χ0) is 14.7. The Morgan fingerprint density at radius 1 is 1.25 bits per heavy atom. The highest BCUT2D eigenvalue weighted by atomic mass is 127. The first-order chi connectivity index (χ1) is 9.47. The lowest BCUT2D eigenvalue weighted by Gasteiger charge is -2.06. The molecule has 0 aliphatic heterocycles. The van der Waals surface area contributed by atoms with Crippen molar-refractivity contribution in [2.45, 2.75) is 0 Å². The van der Waals surface area contributed by atoms with E-state index >= 15 is 0 Å². The number of nitrogens with zero attached hydrogens (tertiary/aromatic N) is 1. The van der Waals surface area contributed by atoms with Gasteiger partial charge in [0.15, 0.2) is 0 Å². The third-order valence-electron chi connectivity index (χ3n) is 2.49. The van der Waals surface area contributed by atoms with Crippen LogP contribution >= 0.6 is 38.5 Å². The molecule has 0 spiro atoms. The molecule has 0 bridgehead atoms. The molecule has 20 heavy (non-hydrogen) atoms. The largest absolute Gasteiger partial charge is 0.322 e. The Kier molecular flexibility index (Phi) is 4.71. The van der Waals surface area contributed by atoms with E-state index in [0.29, 0.717) is 15.7 Å². The fraction of sp³-hybridized carbons (Fsp3) is 0. The van der Waals surface area contributed by atoms with Crippen molar-refractivity contribution in [3.05, 3.63) is 66.2 Å². The lowest BCUT2D eigenvalue weighted by Crippen LogP contribution is -2.12. The van der Waals surface area contributed by atoms with Crippen LogP contribution in [0.1, 0.15) is 10.4 Å². The van der Waals surface area contributed by atoms with Crippen molar-refractivity contribution in [3.8, 4) is 0 Å². The lowest BCUT2D eigenvalue weighted by atomic mass is 10.2. The number of nitro benzene ring substituents is 1. The van der Waals surface area contributed by atoms with Crippen LogP contribution in [0.25, 0.3) is 0 Å². The summed E-state index contributed by atoms with van der Waals surface area (Å²) in [6.45, 7) is 0. The number of benzene rings is 2. The van der Waals surface area contributed by atoms with Gasteiger partial charge < -0.3 is 5.32 Å². The smallest absolute Gasteiger partial charge is 0.283 e. The summed E-state index contributed by atoms with van der Waals surface area (Å²) in [5.74, 6) is -0.260. The number of anilines is 1. The molecular weight excluding hydrogens is 439 g/mol. The zero-order valence-corrected chi connectivity index (χ0v) is 13.7. The highest BCUT2D eigenvalue weighted by Gasteiger charge is 2.13. The molecule has 5 nitrogen and oxygen atoms in total. The Morgan fingerprint density at radius 2 is 2.00 bits per heavy atom. The molecule has 1 amide bonds. The number of halogens is 2. The maximum atomic E-state index is 12.0. The van der Waals surface area contributed by atoms with Crippen LogP contribution in [0, 0.1) is 13.7 Å². The number of hydrogen-bond acceptors (Lipinski definition) is 3. The van der Waals surface area contributed by atoms with Crippen LogP contribution in [0.3, 0.4) is 0 Å². The van der Waals surface area contributed by atoms with E-state index in [4.69, 9.17) is 0 Å². The summed E-state index contributed by atoms with van der Waals surface area (Å²) in [4.78, 5) is 22.2. The number of amides is 1. The Morgan fingerprint density at radius 3 is 2.60 bits per heavy atom. The summed E-state index contributed by atoms with van der Waals surface area (Å²) in [5, 5.41) is 13.4. The average Bonchev–Trinajstić information content (AvgIpc) is 2.38. The summed E-state index contributed by atoms with van der Waals surface area (Å²) in [5.41, 5.74) is 0.981. The van der Waals surface area contributed by atoms with Crippen LogP contribution in [0.15, 0.2) is 46.9 Å². The standard InChI is InChI=1S/C13H8BrIN2O3/c14-11-7-10(4-5-12(11)17(19)20)16-13(18)8-2-1-3-9(15)6-8/h1-7H,(H,16,18). The van der Waals surface area contributed by atoms with E-state index in [1.807, 2.05) is 6.07 Å². The van der Waals surface area contributed by atoms with Gasteiger partial charge >= 0.3 is 0 Å². The van der Waals surface area contributed by atoms with Gasteiger partial charge in [-0.25, -0.2) is 0 Å². The normalized spacial score (nSPS) is 10.1. The van der Waals surface area contributed by atoms with Gasteiger partial charge in [-0.3, -0.25) is 14.9 Å². The third-order valence-corrected chi connectivity index (χ3v) is 3.80. The molecule has 0 atom stereocenters. The predicted molar refractivity (Wildman–Crippen MR) is 87.9 cm³/mol. The van der Waals surface area contributed by atoms with E-state index in [1.165, 1.54) is 18.2 Å². The van der Waals surface area contributed by atoms with Crippen LogP contribution in [0.5, 0.6) is 0 Å². The van der Waals surface area contributed by atoms with E-state index in [0.717, 1.165) is 3.57 Å². The monoisotopic (exact) mass is 446 g/mol. The SMILES string of the molecule is O=C(Nc1ccc([N+](=O)[O-])c(Br)c1)c1cccc(I)c1. The molecule has 0 aromatic heterocycles. The first-order valence-electron chi connectivity index (χ1n) is 5.48. The Hall–Kier alpha value is -1.48. The number of carbonyl (C=O) groups excluding carboxylic acids is 1. The van der Waals surface area contributed by atoms with Crippen molar-refractivity contribution in [2.24, 2.45) is 0 Å². The zero-order valence-electron chi connectivity index (χ0n) is 9.97.